The van der Waals surface area contributed by atoms with E-state index in [9.17, 15) is 10.1 Å². The summed E-state index contributed by atoms with van der Waals surface area (Å²) in [5.74, 6) is 0.607. The molecule has 4 rings (SSSR count). The Labute approximate surface area is 152 Å². The first-order valence-corrected chi connectivity index (χ1v) is 9.70. The number of benzene rings is 1. The van der Waals surface area contributed by atoms with Crippen molar-refractivity contribution in [3.63, 3.8) is 0 Å². The van der Waals surface area contributed by atoms with Crippen molar-refractivity contribution < 1.29 is 4.79 Å². The number of aryl methyl sites for hydroxylation is 1. The molecule has 1 aliphatic carbocycles. The second-order valence-corrected chi connectivity index (χ2v) is 8.06. The van der Waals surface area contributed by atoms with Crippen molar-refractivity contribution in [2.24, 2.45) is 4.99 Å². The van der Waals surface area contributed by atoms with Crippen LogP contribution in [0.5, 0.6) is 0 Å². The summed E-state index contributed by atoms with van der Waals surface area (Å²) >= 11 is 1.61. The molecule has 1 aromatic heterocycles. The van der Waals surface area contributed by atoms with E-state index in [1.165, 1.54) is 10.4 Å². The molecule has 25 heavy (non-hydrogen) atoms. The molecule has 1 aromatic carbocycles. The van der Waals surface area contributed by atoms with E-state index < -0.39 is 5.41 Å². The molecule has 2 aromatic rings. The average Bonchev–Trinajstić information content (AvgIpc) is 3.21. The third kappa shape index (κ3) is 2.54. The molecule has 2 atom stereocenters. The zero-order valence-electron chi connectivity index (χ0n) is 14.3. The average molecular weight is 348 g/mol. The predicted molar refractivity (Wildman–Crippen MR) is 101 cm³/mol. The minimum Gasteiger partial charge on any atom is -0.298 e. The van der Waals surface area contributed by atoms with Gasteiger partial charge in [-0.05, 0) is 48.4 Å². The Morgan fingerprint density at radius 2 is 2.24 bits per heavy atom. The van der Waals surface area contributed by atoms with E-state index in [0.717, 1.165) is 41.8 Å². The summed E-state index contributed by atoms with van der Waals surface area (Å²) in [6.07, 6.45) is 6.17. The Balaban J connectivity index is 1.74. The first kappa shape index (κ1) is 16.2. The van der Waals surface area contributed by atoms with Crippen molar-refractivity contribution in [2.75, 3.05) is 0 Å². The highest BCUT2D eigenvalue weighted by Gasteiger charge is 2.47. The molecule has 1 fully saturated rings. The van der Waals surface area contributed by atoms with Gasteiger partial charge in [0.05, 0.1) is 11.1 Å². The van der Waals surface area contributed by atoms with Crippen molar-refractivity contribution in [2.45, 2.75) is 50.4 Å². The number of carbonyl (C=O) groups excluding carboxylic acids is 1. The van der Waals surface area contributed by atoms with Crippen LogP contribution in [-0.4, -0.2) is 12.0 Å². The molecule has 126 valence electrons. The van der Waals surface area contributed by atoms with Crippen LogP contribution in [0.4, 0.5) is 5.69 Å². The fourth-order valence-electron chi connectivity index (χ4n) is 4.26. The third-order valence-corrected chi connectivity index (χ3v) is 6.68. The van der Waals surface area contributed by atoms with Crippen LogP contribution in [0.3, 0.4) is 0 Å². The summed E-state index contributed by atoms with van der Waals surface area (Å²) in [7, 11) is 0. The van der Waals surface area contributed by atoms with Crippen LogP contribution in [0, 0.1) is 11.3 Å². The van der Waals surface area contributed by atoms with Crippen molar-refractivity contribution in [1.82, 2.24) is 0 Å². The summed E-state index contributed by atoms with van der Waals surface area (Å²) in [6.45, 7) is 2.17. The Morgan fingerprint density at radius 3 is 3.04 bits per heavy atom. The lowest BCUT2D eigenvalue weighted by Gasteiger charge is -2.35. The number of nitriles is 1. The van der Waals surface area contributed by atoms with Gasteiger partial charge in [-0.15, -0.1) is 11.3 Å². The van der Waals surface area contributed by atoms with Gasteiger partial charge in [0.1, 0.15) is 16.7 Å². The number of fused-ring (bicyclic) bond motifs is 2. The number of para-hydroxylation sites is 1. The van der Waals surface area contributed by atoms with Crippen LogP contribution in [0.15, 0.2) is 35.3 Å². The summed E-state index contributed by atoms with van der Waals surface area (Å²) in [6, 6.07) is 12.3. The molecule has 0 bridgehead atoms. The topological polar surface area (TPSA) is 53.2 Å². The normalized spacial score (nSPS) is 24.5. The van der Waals surface area contributed by atoms with Gasteiger partial charge in [0.2, 0.25) is 0 Å². The molecule has 1 aliphatic heterocycles. The molecule has 3 nitrogen and oxygen atoms in total. The van der Waals surface area contributed by atoms with Crippen LogP contribution in [0.25, 0.3) is 0 Å². The van der Waals surface area contributed by atoms with Crippen LogP contribution >= 0.6 is 11.3 Å². The molecule has 0 saturated heterocycles. The lowest BCUT2D eigenvalue weighted by atomic mass is 9.65. The number of ketones is 1. The first-order valence-electron chi connectivity index (χ1n) is 8.88. The van der Waals surface area contributed by atoms with Gasteiger partial charge >= 0.3 is 0 Å². The number of aliphatic imine (C=N–C) groups is 1. The fraction of sp³-hybridized carbons (Fsp3) is 0.381. The lowest BCUT2D eigenvalue weighted by molar-refractivity contribution is -0.124. The van der Waals surface area contributed by atoms with Gasteiger partial charge < -0.3 is 0 Å². The third-order valence-electron chi connectivity index (χ3n) is 5.44. The standard InChI is InChI=1S/C21H20N2OS/c1-2-5-14-10-16(12-22)25-20(14)15-8-9-19(24)21(11-15)13-23-18-7-4-3-6-17(18)21/h3-4,6-7,10,13,15H,2,5,8-9,11H2,1H3. The minimum atomic E-state index is -0.570. The van der Waals surface area contributed by atoms with Gasteiger partial charge in [-0.2, -0.15) is 5.26 Å². The minimum absolute atomic E-state index is 0.284. The van der Waals surface area contributed by atoms with Crippen LogP contribution in [-0.2, 0) is 16.6 Å². The van der Waals surface area contributed by atoms with E-state index in [0.29, 0.717) is 12.3 Å². The molecule has 2 unspecified atom stereocenters. The zero-order chi connectivity index (χ0) is 17.4. The maximum absolute atomic E-state index is 12.9. The second kappa shape index (κ2) is 6.24. The van der Waals surface area contributed by atoms with Gasteiger partial charge in [-0.1, -0.05) is 31.5 Å². The van der Waals surface area contributed by atoms with Crippen molar-refractivity contribution in [3.05, 3.63) is 51.2 Å². The Kier molecular flexibility index (Phi) is 4.05. The van der Waals surface area contributed by atoms with Gasteiger partial charge in [-0.3, -0.25) is 9.79 Å². The highest BCUT2D eigenvalue weighted by molar-refractivity contribution is 7.12. The number of hydrogen-bond donors (Lipinski definition) is 0. The number of Topliss-reactive ketones (excluding diaryl/α,β-unsaturated/α-hetero) is 1. The molecule has 0 N–H and O–H groups in total. The maximum Gasteiger partial charge on any atom is 0.148 e. The number of nitrogens with zero attached hydrogens (tertiary/aromatic N) is 2. The highest BCUT2D eigenvalue weighted by Crippen LogP contribution is 2.50. The SMILES string of the molecule is CCCc1cc(C#N)sc1C1CCC(=O)C2(C=Nc3ccccc32)C1. The van der Waals surface area contributed by atoms with Crippen LogP contribution in [0.1, 0.15) is 59.4 Å². The number of carbonyl (C=O) groups is 1. The fourth-order valence-corrected chi connectivity index (χ4v) is 5.41. The summed E-state index contributed by atoms with van der Waals surface area (Å²) in [4.78, 5) is 19.5. The summed E-state index contributed by atoms with van der Waals surface area (Å²) in [5, 5.41) is 9.30. The van der Waals surface area contributed by atoms with Crippen molar-refractivity contribution in [1.29, 1.82) is 5.26 Å². The van der Waals surface area contributed by atoms with Gasteiger partial charge in [0, 0.05) is 17.5 Å². The molecule has 2 heterocycles. The number of hydrogen-bond acceptors (Lipinski definition) is 4. The number of thiophene rings is 1. The monoisotopic (exact) mass is 348 g/mol. The lowest BCUT2D eigenvalue weighted by Crippen LogP contribution is -2.41. The molecule has 4 heteroatoms. The Hall–Kier alpha value is -2.25. The van der Waals surface area contributed by atoms with Gasteiger partial charge in [0.25, 0.3) is 0 Å². The largest absolute Gasteiger partial charge is 0.298 e. The highest BCUT2D eigenvalue weighted by atomic mass is 32.1. The van der Waals surface area contributed by atoms with E-state index in [1.54, 1.807) is 11.3 Å². The molecule has 2 aliphatic rings. The second-order valence-electron chi connectivity index (χ2n) is 6.97. The molecular formula is C21H20N2OS. The van der Waals surface area contributed by atoms with E-state index in [4.69, 9.17) is 0 Å². The van der Waals surface area contributed by atoms with E-state index in [1.807, 2.05) is 36.5 Å². The molecule has 1 saturated carbocycles. The smallest absolute Gasteiger partial charge is 0.148 e. The zero-order valence-corrected chi connectivity index (χ0v) is 15.1. The van der Waals surface area contributed by atoms with Crippen molar-refractivity contribution >= 4 is 29.0 Å². The van der Waals surface area contributed by atoms with Gasteiger partial charge in [0.15, 0.2) is 0 Å². The molecular weight excluding hydrogens is 328 g/mol. The quantitative estimate of drug-likeness (QED) is 0.778. The maximum atomic E-state index is 12.9. The summed E-state index contributed by atoms with van der Waals surface area (Å²) in [5.41, 5.74) is 2.70. The Bertz CT molecular complexity index is 905. The predicted octanol–water partition coefficient (Wildman–Crippen LogP) is 5.06. The molecule has 1 spiro atoms. The van der Waals surface area contributed by atoms with Crippen LogP contribution < -0.4 is 0 Å². The van der Waals surface area contributed by atoms with Gasteiger partial charge in [-0.25, -0.2) is 0 Å². The molecule has 0 radical (unpaired) electrons. The van der Waals surface area contributed by atoms with E-state index in [-0.39, 0.29) is 5.78 Å². The summed E-state index contributed by atoms with van der Waals surface area (Å²) < 4.78 is 0. The Morgan fingerprint density at radius 1 is 1.40 bits per heavy atom. The first-order chi connectivity index (χ1) is 12.2. The van der Waals surface area contributed by atoms with E-state index >= 15 is 0 Å². The van der Waals surface area contributed by atoms with E-state index in [2.05, 4.69) is 18.0 Å². The number of rotatable bonds is 3. The van der Waals surface area contributed by atoms with Crippen LogP contribution in [0.2, 0.25) is 0 Å². The van der Waals surface area contributed by atoms with Crippen molar-refractivity contribution in [3.8, 4) is 6.07 Å². The molecule has 0 amide bonds.